The first-order valence-electron chi connectivity index (χ1n) is 6.04. The Kier molecular flexibility index (Phi) is 6.77. The fraction of sp³-hybridized carbons (Fsp3) is 0.385. The van der Waals surface area contributed by atoms with Gasteiger partial charge in [0.2, 0.25) is 0 Å². The molecule has 4 nitrogen and oxygen atoms in total. The topological polar surface area (TPSA) is 61.9 Å². The van der Waals surface area contributed by atoms with Gasteiger partial charge in [0, 0.05) is 24.2 Å². The molecule has 2 rings (SSSR count). The third-order valence-electron chi connectivity index (χ3n) is 2.33. The SMILES string of the molecule is CCCCO.Cn1nc(-c2ccc(Cl)cc2)sc1=N. The molecule has 19 heavy (non-hydrogen) atoms. The van der Waals surface area contributed by atoms with Gasteiger partial charge in [-0.2, -0.15) is 5.10 Å². The summed E-state index contributed by atoms with van der Waals surface area (Å²) in [5, 5.41) is 21.4. The maximum absolute atomic E-state index is 8.07. The monoisotopic (exact) mass is 299 g/mol. The van der Waals surface area contributed by atoms with E-state index in [1.165, 1.54) is 11.3 Å². The zero-order chi connectivity index (χ0) is 14.3. The van der Waals surface area contributed by atoms with E-state index in [1.54, 1.807) is 11.7 Å². The van der Waals surface area contributed by atoms with Gasteiger partial charge in [0.25, 0.3) is 0 Å². The van der Waals surface area contributed by atoms with Crippen LogP contribution in [0.5, 0.6) is 0 Å². The van der Waals surface area contributed by atoms with Crippen molar-refractivity contribution in [1.82, 2.24) is 9.78 Å². The van der Waals surface area contributed by atoms with Crippen LogP contribution in [0.2, 0.25) is 5.02 Å². The summed E-state index contributed by atoms with van der Waals surface area (Å²) in [4.78, 5) is 0.440. The lowest BCUT2D eigenvalue weighted by molar-refractivity contribution is 0.287. The molecule has 0 saturated heterocycles. The van der Waals surface area contributed by atoms with Gasteiger partial charge in [-0.1, -0.05) is 48.4 Å². The molecular weight excluding hydrogens is 282 g/mol. The minimum Gasteiger partial charge on any atom is -0.396 e. The number of aliphatic hydroxyl groups excluding tert-OH is 1. The van der Waals surface area contributed by atoms with E-state index >= 15 is 0 Å². The van der Waals surface area contributed by atoms with E-state index in [0.29, 0.717) is 16.4 Å². The summed E-state index contributed by atoms with van der Waals surface area (Å²) in [6.07, 6.45) is 2.04. The van der Waals surface area contributed by atoms with E-state index < -0.39 is 0 Å². The van der Waals surface area contributed by atoms with Crippen molar-refractivity contribution >= 4 is 22.9 Å². The number of aliphatic hydroxyl groups is 1. The van der Waals surface area contributed by atoms with Gasteiger partial charge in [-0.3, -0.25) is 5.41 Å². The third kappa shape index (κ3) is 5.14. The fourth-order valence-electron chi connectivity index (χ4n) is 1.23. The number of nitrogens with one attached hydrogen (secondary N) is 1. The predicted octanol–water partition coefficient (Wildman–Crippen LogP) is 3.06. The lowest BCUT2D eigenvalue weighted by Crippen LogP contribution is -2.08. The molecule has 0 aliphatic heterocycles. The van der Waals surface area contributed by atoms with Gasteiger partial charge in [0.1, 0.15) is 5.01 Å². The zero-order valence-corrected chi connectivity index (χ0v) is 12.6. The van der Waals surface area contributed by atoms with Gasteiger partial charge < -0.3 is 5.11 Å². The number of aromatic nitrogens is 2. The van der Waals surface area contributed by atoms with Gasteiger partial charge in [0.15, 0.2) is 4.80 Å². The Labute approximate surface area is 121 Å². The van der Waals surface area contributed by atoms with Gasteiger partial charge in [-0.05, 0) is 18.6 Å². The van der Waals surface area contributed by atoms with Crippen molar-refractivity contribution in [3.05, 3.63) is 34.1 Å². The number of benzene rings is 1. The summed E-state index contributed by atoms with van der Waals surface area (Å²) in [7, 11) is 1.76. The summed E-state index contributed by atoms with van der Waals surface area (Å²) < 4.78 is 1.55. The zero-order valence-electron chi connectivity index (χ0n) is 11.1. The first-order chi connectivity index (χ1) is 9.08. The van der Waals surface area contributed by atoms with Crippen molar-refractivity contribution in [2.24, 2.45) is 7.05 Å². The maximum atomic E-state index is 8.07. The molecule has 0 radical (unpaired) electrons. The number of hydrogen-bond acceptors (Lipinski definition) is 4. The molecule has 0 atom stereocenters. The van der Waals surface area contributed by atoms with Gasteiger partial charge >= 0.3 is 0 Å². The lowest BCUT2D eigenvalue weighted by Gasteiger charge is -1.94. The van der Waals surface area contributed by atoms with Crippen molar-refractivity contribution in [2.75, 3.05) is 6.61 Å². The van der Waals surface area contributed by atoms with Gasteiger partial charge in [-0.15, -0.1) is 0 Å². The first kappa shape index (κ1) is 15.9. The highest BCUT2D eigenvalue weighted by atomic mass is 35.5. The average Bonchev–Trinajstić information content (AvgIpc) is 2.72. The highest BCUT2D eigenvalue weighted by Gasteiger charge is 2.03. The molecule has 0 spiro atoms. The van der Waals surface area contributed by atoms with Gasteiger partial charge in [-0.25, -0.2) is 4.68 Å². The number of halogens is 1. The molecule has 0 aliphatic carbocycles. The molecule has 0 bridgehead atoms. The predicted molar refractivity (Wildman–Crippen MR) is 79.4 cm³/mol. The Bertz CT molecular complexity index is 546. The second kappa shape index (κ2) is 8.09. The number of aryl methyl sites for hydroxylation is 1. The van der Waals surface area contributed by atoms with Crippen LogP contribution >= 0.6 is 22.9 Å². The van der Waals surface area contributed by atoms with Crippen LogP contribution in [0.4, 0.5) is 0 Å². The summed E-state index contributed by atoms with van der Waals surface area (Å²) in [5.74, 6) is 0. The van der Waals surface area contributed by atoms with Crippen molar-refractivity contribution in [3.63, 3.8) is 0 Å². The Morgan fingerprint density at radius 3 is 2.37 bits per heavy atom. The van der Waals surface area contributed by atoms with Crippen LogP contribution in [0, 0.1) is 5.41 Å². The van der Waals surface area contributed by atoms with E-state index in [1.807, 2.05) is 24.3 Å². The number of rotatable bonds is 3. The molecule has 2 aromatic rings. The molecule has 0 fully saturated rings. The van der Waals surface area contributed by atoms with Crippen molar-refractivity contribution in [2.45, 2.75) is 19.8 Å². The number of hydrogen-bond donors (Lipinski definition) is 2. The summed E-state index contributed by atoms with van der Waals surface area (Å²) in [5.41, 5.74) is 0.994. The van der Waals surface area contributed by atoms with E-state index in [-0.39, 0.29) is 0 Å². The Morgan fingerprint density at radius 2 is 2.00 bits per heavy atom. The van der Waals surface area contributed by atoms with Gasteiger partial charge in [0.05, 0.1) is 0 Å². The molecule has 0 saturated carbocycles. The number of unbranched alkanes of at least 4 members (excludes halogenated alkanes) is 1. The van der Waals surface area contributed by atoms with E-state index in [2.05, 4.69) is 12.0 Å². The van der Waals surface area contributed by atoms with Crippen LogP contribution in [-0.4, -0.2) is 21.5 Å². The fourth-order valence-corrected chi connectivity index (χ4v) is 2.13. The maximum Gasteiger partial charge on any atom is 0.200 e. The van der Waals surface area contributed by atoms with Crippen LogP contribution in [0.15, 0.2) is 24.3 Å². The first-order valence-corrected chi connectivity index (χ1v) is 7.23. The summed E-state index contributed by atoms with van der Waals surface area (Å²) >= 11 is 7.13. The molecular formula is C13H18ClN3OS. The molecule has 6 heteroatoms. The molecule has 1 heterocycles. The van der Waals surface area contributed by atoms with E-state index in [9.17, 15) is 0 Å². The Morgan fingerprint density at radius 1 is 1.37 bits per heavy atom. The largest absolute Gasteiger partial charge is 0.396 e. The Balaban J connectivity index is 0.000000312. The van der Waals surface area contributed by atoms with E-state index in [4.69, 9.17) is 22.1 Å². The molecule has 1 aromatic heterocycles. The van der Waals surface area contributed by atoms with E-state index in [0.717, 1.165) is 23.4 Å². The molecule has 0 amide bonds. The van der Waals surface area contributed by atoms with Crippen molar-refractivity contribution in [1.29, 1.82) is 5.41 Å². The van der Waals surface area contributed by atoms with Crippen LogP contribution in [0.3, 0.4) is 0 Å². The van der Waals surface area contributed by atoms with Crippen molar-refractivity contribution < 1.29 is 5.11 Å². The highest BCUT2D eigenvalue weighted by Crippen LogP contribution is 2.20. The van der Waals surface area contributed by atoms with Crippen LogP contribution in [0.1, 0.15) is 19.8 Å². The highest BCUT2D eigenvalue weighted by molar-refractivity contribution is 7.12. The van der Waals surface area contributed by atoms with Crippen LogP contribution in [0.25, 0.3) is 10.6 Å². The molecule has 0 unspecified atom stereocenters. The standard InChI is InChI=1S/C9H8ClN3S.C4H10O/c1-13-9(11)14-8(12-13)6-2-4-7(10)5-3-6;1-2-3-4-5/h2-5,11H,1H3;5H,2-4H2,1H3. The smallest absolute Gasteiger partial charge is 0.200 e. The quantitative estimate of drug-likeness (QED) is 0.915. The third-order valence-corrected chi connectivity index (χ3v) is 3.55. The van der Waals surface area contributed by atoms with Crippen molar-refractivity contribution in [3.8, 4) is 10.6 Å². The second-order valence-electron chi connectivity index (χ2n) is 3.92. The molecule has 2 N–H and O–H groups in total. The summed E-state index contributed by atoms with van der Waals surface area (Å²) in [6, 6.07) is 7.45. The number of nitrogens with zero attached hydrogens (tertiary/aromatic N) is 2. The molecule has 104 valence electrons. The average molecular weight is 300 g/mol. The lowest BCUT2D eigenvalue weighted by atomic mass is 10.2. The summed E-state index contributed by atoms with van der Waals surface area (Å²) in [6.45, 7) is 2.40. The second-order valence-corrected chi connectivity index (χ2v) is 5.33. The Hall–Kier alpha value is -1.17. The minimum atomic E-state index is 0.344. The minimum absolute atomic E-state index is 0.344. The molecule has 0 aliphatic rings. The normalized spacial score (nSPS) is 9.89. The van der Waals surface area contributed by atoms with Crippen LogP contribution < -0.4 is 4.80 Å². The van der Waals surface area contributed by atoms with Crippen LogP contribution in [-0.2, 0) is 7.05 Å². The molecule has 1 aromatic carbocycles.